The first-order chi connectivity index (χ1) is 15.3. The molecule has 32 heavy (non-hydrogen) atoms. The van der Waals surface area contributed by atoms with Gasteiger partial charge in [-0.15, -0.1) is 0 Å². The number of rotatable bonds is 6. The summed E-state index contributed by atoms with van der Waals surface area (Å²) in [7, 11) is -3.73. The lowest BCUT2D eigenvalue weighted by Crippen LogP contribution is -2.43. The van der Waals surface area contributed by atoms with E-state index in [2.05, 4.69) is 9.62 Å². The second kappa shape index (κ2) is 9.49. The van der Waals surface area contributed by atoms with Crippen LogP contribution in [0.3, 0.4) is 0 Å². The van der Waals surface area contributed by atoms with E-state index in [9.17, 15) is 13.2 Å². The van der Waals surface area contributed by atoms with E-state index in [0.29, 0.717) is 24.7 Å². The van der Waals surface area contributed by atoms with Crippen molar-refractivity contribution in [1.29, 1.82) is 0 Å². The van der Waals surface area contributed by atoms with Gasteiger partial charge in [0.1, 0.15) is 0 Å². The van der Waals surface area contributed by atoms with Crippen molar-refractivity contribution in [2.24, 2.45) is 0 Å². The lowest BCUT2D eigenvalue weighted by molar-refractivity contribution is -0.116. The molecule has 0 radical (unpaired) electrons. The summed E-state index contributed by atoms with van der Waals surface area (Å²) in [6.07, 6.45) is 0.636. The Morgan fingerprint density at radius 3 is 2.66 bits per heavy atom. The first-order valence-corrected chi connectivity index (χ1v) is 12.6. The molecule has 1 amide bonds. The van der Waals surface area contributed by atoms with Gasteiger partial charge in [-0.3, -0.25) is 9.69 Å². The largest absolute Gasteiger partial charge is 0.379 e. The highest BCUT2D eigenvalue weighted by atomic mass is 35.5. The number of nitrogens with one attached hydrogen (secondary N) is 1. The predicted molar refractivity (Wildman–Crippen MR) is 125 cm³/mol. The number of hydrogen-bond donors (Lipinski definition) is 1. The molecule has 0 saturated carbocycles. The number of carbonyl (C=O) groups excluding carboxylic acids is 1. The van der Waals surface area contributed by atoms with Crippen LogP contribution in [0.2, 0.25) is 5.02 Å². The highest BCUT2D eigenvalue weighted by molar-refractivity contribution is 7.89. The fraction of sp³-hybridized carbons (Fsp3) is 0.435. The molecule has 2 aliphatic rings. The number of fused-ring (bicyclic) bond motifs is 1. The summed E-state index contributed by atoms with van der Waals surface area (Å²) in [5.41, 5.74) is 2.62. The molecule has 1 saturated heterocycles. The third-order valence-corrected chi connectivity index (χ3v) is 7.76. The average molecular weight is 478 g/mol. The zero-order chi connectivity index (χ0) is 22.9. The molecule has 2 heterocycles. The van der Waals surface area contributed by atoms with E-state index in [1.54, 1.807) is 23.1 Å². The molecule has 7 nitrogen and oxygen atoms in total. The monoisotopic (exact) mass is 477 g/mol. The van der Waals surface area contributed by atoms with Gasteiger partial charge in [-0.2, -0.15) is 0 Å². The Morgan fingerprint density at radius 2 is 1.97 bits per heavy atom. The van der Waals surface area contributed by atoms with Crippen molar-refractivity contribution in [3.05, 3.63) is 58.6 Å². The summed E-state index contributed by atoms with van der Waals surface area (Å²) in [4.78, 5) is 16.1. The number of nitrogens with zero attached hydrogens (tertiary/aromatic N) is 2. The van der Waals surface area contributed by atoms with Gasteiger partial charge < -0.3 is 9.64 Å². The average Bonchev–Trinajstić information content (AvgIpc) is 3.10. The molecule has 2 aliphatic heterocycles. The third kappa shape index (κ3) is 4.84. The van der Waals surface area contributed by atoms with Crippen molar-refractivity contribution >= 4 is 33.2 Å². The van der Waals surface area contributed by atoms with Gasteiger partial charge in [-0.25, -0.2) is 13.1 Å². The number of carbonyl (C=O) groups is 1. The molecular formula is C23H28ClN3O4S. The SMILES string of the molecule is CC(=O)N1c2ccc(S(=O)(=O)NC[C@@H](c3cccc(Cl)c3)N3CCOCC3)cc2C[C@H]1C. The maximum absolute atomic E-state index is 13.2. The van der Waals surface area contributed by atoms with Gasteiger partial charge in [0.05, 0.1) is 18.1 Å². The Kier molecular flexibility index (Phi) is 6.88. The Labute approximate surface area is 194 Å². The van der Waals surface area contributed by atoms with E-state index >= 15 is 0 Å². The second-order valence-electron chi connectivity index (χ2n) is 8.30. The zero-order valence-electron chi connectivity index (χ0n) is 18.3. The fourth-order valence-corrected chi connectivity index (χ4v) is 5.87. The molecule has 172 valence electrons. The number of ether oxygens (including phenoxy) is 1. The van der Waals surface area contributed by atoms with Gasteiger partial charge in [-0.1, -0.05) is 23.7 Å². The lowest BCUT2D eigenvalue weighted by Gasteiger charge is -2.35. The first-order valence-electron chi connectivity index (χ1n) is 10.8. The van der Waals surface area contributed by atoms with Gasteiger partial charge in [0.2, 0.25) is 15.9 Å². The molecule has 2 aromatic rings. The summed E-state index contributed by atoms with van der Waals surface area (Å²) in [6, 6.07) is 12.4. The summed E-state index contributed by atoms with van der Waals surface area (Å²) < 4.78 is 34.6. The van der Waals surface area contributed by atoms with Crippen LogP contribution in [-0.4, -0.2) is 58.1 Å². The number of anilines is 1. The van der Waals surface area contributed by atoms with Crippen molar-refractivity contribution in [3.8, 4) is 0 Å². The maximum Gasteiger partial charge on any atom is 0.240 e. The zero-order valence-corrected chi connectivity index (χ0v) is 19.8. The first kappa shape index (κ1) is 23.2. The molecule has 0 aliphatic carbocycles. The lowest BCUT2D eigenvalue weighted by atomic mass is 10.1. The minimum absolute atomic E-state index is 0.0157. The summed E-state index contributed by atoms with van der Waals surface area (Å²) in [5, 5.41) is 0.617. The highest BCUT2D eigenvalue weighted by Gasteiger charge is 2.31. The smallest absolute Gasteiger partial charge is 0.240 e. The Balaban J connectivity index is 1.55. The standard InChI is InChI=1S/C23H28ClN3O4S/c1-16-12-19-14-21(6-7-22(19)27(16)17(2)28)32(29,30)25-15-23(26-8-10-31-11-9-26)18-4-3-5-20(24)13-18/h3-7,13-14,16,23,25H,8-12,15H2,1-2H3/t16-,23+/m1/s1. The third-order valence-electron chi connectivity index (χ3n) is 6.10. The van der Waals surface area contributed by atoms with Crippen LogP contribution in [0.25, 0.3) is 0 Å². The molecule has 0 bridgehead atoms. The van der Waals surface area contributed by atoms with Crippen molar-refractivity contribution in [3.63, 3.8) is 0 Å². The number of amides is 1. The van der Waals surface area contributed by atoms with E-state index in [1.165, 1.54) is 6.92 Å². The van der Waals surface area contributed by atoms with Crippen LogP contribution < -0.4 is 9.62 Å². The molecule has 2 aromatic carbocycles. The fourth-order valence-electron chi connectivity index (χ4n) is 4.59. The van der Waals surface area contributed by atoms with Gasteiger partial charge in [-0.05, 0) is 54.8 Å². The van der Waals surface area contributed by atoms with Gasteiger partial charge >= 0.3 is 0 Å². The minimum atomic E-state index is -3.73. The van der Waals surface area contributed by atoms with E-state index in [4.69, 9.17) is 16.3 Å². The van der Waals surface area contributed by atoms with Crippen LogP contribution in [0, 0.1) is 0 Å². The summed E-state index contributed by atoms with van der Waals surface area (Å²) in [6.45, 7) is 6.37. The minimum Gasteiger partial charge on any atom is -0.379 e. The van der Waals surface area contributed by atoms with Crippen LogP contribution in [0.1, 0.15) is 31.0 Å². The molecule has 9 heteroatoms. The Hall–Kier alpha value is -1.97. The number of hydrogen-bond acceptors (Lipinski definition) is 5. The van der Waals surface area contributed by atoms with Crippen molar-refractivity contribution in [1.82, 2.24) is 9.62 Å². The van der Waals surface area contributed by atoms with E-state index in [-0.39, 0.29) is 29.4 Å². The van der Waals surface area contributed by atoms with Crippen LogP contribution in [-0.2, 0) is 26.0 Å². The quantitative estimate of drug-likeness (QED) is 0.692. The van der Waals surface area contributed by atoms with E-state index < -0.39 is 10.0 Å². The normalized spacial score (nSPS) is 20.2. The van der Waals surface area contributed by atoms with Crippen molar-refractivity contribution in [2.45, 2.75) is 37.2 Å². The molecule has 1 fully saturated rings. The van der Waals surface area contributed by atoms with Gasteiger partial charge in [0, 0.05) is 49.4 Å². The maximum atomic E-state index is 13.2. The molecule has 0 unspecified atom stereocenters. The van der Waals surface area contributed by atoms with Crippen molar-refractivity contribution < 1.29 is 17.9 Å². The van der Waals surface area contributed by atoms with Crippen LogP contribution in [0.15, 0.2) is 47.4 Å². The molecule has 1 N–H and O–H groups in total. The van der Waals surface area contributed by atoms with Crippen LogP contribution in [0.5, 0.6) is 0 Å². The summed E-state index contributed by atoms with van der Waals surface area (Å²) in [5.74, 6) is -0.0418. The number of benzene rings is 2. The molecular weight excluding hydrogens is 450 g/mol. The molecule has 4 rings (SSSR count). The number of morpholine rings is 1. The Bertz CT molecular complexity index is 1100. The molecule has 0 spiro atoms. The van der Waals surface area contributed by atoms with E-state index in [0.717, 1.165) is 29.9 Å². The van der Waals surface area contributed by atoms with Gasteiger partial charge in [0.15, 0.2) is 0 Å². The number of halogens is 1. The molecule has 2 atom stereocenters. The van der Waals surface area contributed by atoms with E-state index in [1.807, 2.05) is 31.2 Å². The predicted octanol–water partition coefficient (Wildman–Crippen LogP) is 2.99. The second-order valence-corrected chi connectivity index (χ2v) is 10.5. The van der Waals surface area contributed by atoms with Gasteiger partial charge in [0.25, 0.3) is 0 Å². The van der Waals surface area contributed by atoms with Crippen LogP contribution >= 0.6 is 11.6 Å². The topological polar surface area (TPSA) is 79.0 Å². The summed E-state index contributed by atoms with van der Waals surface area (Å²) >= 11 is 6.20. The van der Waals surface area contributed by atoms with Crippen molar-refractivity contribution in [2.75, 3.05) is 37.7 Å². The number of sulfonamides is 1. The molecule has 0 aromatic heterocycles. The van der Waals surface area contributed by atoms with Crippen LogP contribution in [0.4, 0.5) is 5.69 Å². The highest BCUT2D eigenvalue weighted by Crippen LogP contribution is 2.34. The Morgan fingerprint density at radius 1 is 1.22 bits per heavy atom.